The van der Waals surface area contributed by atoms with Crippen LogP contribution >= 0.6 is 11.3 Å². The summed E-state index contributed by atoms with van der Waals surface area (Å²) in [5.74, 6) is 1.39. The second-order valence-electron chi connectivity index (χ2n) is 4.94. The fourth-order valence-electron chi connectivity index (χ4n) is 1.97. The summed E-state index contributed by atoms with van der Waals surface area (Å²) in [6.45, 7) is 4.15. The SMILES string of the molecule is COc1ccc(-c2csc(Oc3ccc(C)c(C)c3)n2)cn1. The molecule has 1 aromatic carbocycles. The van der Waals surface area contributed by atoms with Gasteiger partial charge in [-0.3, -0.25) is 0 Å². The summed E-state index contributed by atoms with van der Waals surface area (Å²) in [6.07, 6.45) is 1.74. The number of ether oxygens (including phenoxy) is 2. The van der Waals surface area contributed by atoms with Crippen molar-refractivity contribution in [1.82, 2.24) is 9.97 Å². The number of pyridine rings is 1. The Bertz CT molecular complexity index is 782. The Balaban J connectivity index is 1.79. The highest BCUT2D eigenvalue weighted by Gasteiger charge is 2.08. The molecule has 0 N–H and O–H groups in total. The Kier molecular flexibility index (Phi) is 4.06. The molecule has 22 heavy (non-hydrogen) atoms. The van der Waals surface area contributed by atoms with E-state index in [0.717, 1.165) is 17.0 Å². The second-order valence-corrected chi connectivity index (χ2v) is 5.76. The minimum absolute atomic E-state index is 0.589. The third kappa shape index (κ3) is 3.09. The number of hydrogen-bond donors (Lipinski definition) is 0. The second kappa shape index (κ2) is 6.15. The van der Waals surface area contributed by atoms with Gasteiger partial charge < -0.3 is 9.47 Å². The van der Waals surface area contributed by atoms with Crippen LogP contribution in [0.5, 0.6) is 16.8 Å². The summed E-state index contributed by atoms with van der Waals surface area (Å²) in [4.78, 5) is 8.69. The number of methoxy groups -OCH3 is 1. The smallest absolute Gasteiger partial charge is 0.279 e. The predicted molar refractivity (Wildman–Crippen MR) is 87.9 cm³/mol. The van der Waals surface area contributed by atoms with E-state index in [9.17, 15) is 0 Å². The molecular formula is C17H16N2O2S. The van der Waals surface area contributed by atoms with Gasteiger partial charge in [0.15, 0.2) is 0 Å². The Morgan fingerprint density at radius 2 is 1.91 bits per heavy atom. The maximum atomic E-state index is 5.82. The Hall–Kier alpha value is -2.40. The van der Waals surface area contributed by atoms with Crippen LogP contribution in [0, 0.1) is 13.8 Å². The lowest BCUT2D eigenvalue weighted by atomic mass is 10.1. The van der Waals surface area contributed by atoms with E-state index in [1.807, 2.05) is 35.7 Å². The van der Waals surface area contributed by atoms with Gasteiger partial charge in [-0.15, -0.1) is 0 Å². The fourth-order valence-corrected chi connectivity index (χ4v) is 2.66. The molecule has 0 saturated heterocycles. The van der Waals surface area contributed by atoms with E-state index in [0.29, 0.717) is 11.1 Å². The van der Waals surface area contributed by atoms with E-state index in [-0.39, 0.29) is 0 Å². The molecule has 0 aliphatic carbocycles. The molecule has 0 aliphatic rings. The fraction of sp³-hybridized carbons (Fsp3) is 0.176. The molecule has 0 spiro atoms. The third-order valence-electron chi connectivity index (χ3n) is 3.41. The van der Waals surface area contributed by atoms with Crippen molar-refractivity contribution in [2.75, 3.05) is 7.11 Å². The van der Waals surface area contributed by atoms with E-state index in [4.69, 9.17) is 9.47 Å². The van der Waals surface area contributed by atoms with Gasteiger partial charge in [-0.25, -0.2) is 9.97 Å². The van der Waals surface area contributed by atoms with Crippen molar-refractivity contribution in [3.63, 3.8) is 0 Å². The van der Waals surface area contributed by atoms with Crippen molar-refractivity contribution in [2.45, 2.75) is 13.8 Å². The highest BCUT2D eigenvalue weighted by Crippen LogP contribution is 2.30. The first-order valence-electron chi connectivity index (χ1n) is 6.87. The number of thiazole rings is 1. The maximum absolute atomic E-state index is 5.82. The zero-order valence-electron chi connectivity index (χ0n) is 12.7. The first kappa shape index (κ1) is 14.5. The summed E-state index contributed by atoms with van der Waals surface area (Å²) in [5.41, 5.74) is 4.23. The average Bonchev–Trinajstić information content (AvgIpc) is 2.99. The number of aryl methyl sites for hydroxylation is 2. The van der Waals surface area contributed by atoms with Gasteiger partial charge >= 0.3 is 0 Å². The standard InChI is InChI=1S/C17H16N2O2S/c1-11-4-6-14(8-12(11)2)21-17-19-15(10-22-17)13-5-7-16(20-3)18-9-13/h4-10H,1-3H3. The van der Waals surface area contributed by atoms with E-state index < -0.39 is 0 Å². The van der Waals surface area contributed by atoms with Crippen LogP contribution < -0.4 is 9.47 Å². The molecule has 112 valence electrons. The molecule has 0 atom stereocenters. The minimum atomic E-state index is 0.589. The minimum Gasteiger partial charge on any atom is -0.481 e. The number of aromatic nitrogens is 2. The van der Waals surface area contributed by atoms with Crippen LogP contribution in [0.25, 0.3) is 11.3 Å². The first-order valence-corrected chi connectivity index (χ1v) is 7.75. The topological polar surface area (TPSA) is 44.2 Å². The van der Waals surface area contributed by atoms with Gasteiger partial charge in [-0.2, -0.15) is 0 Å². The largest absolute Gasteiger partial charge is 0.481 e. The van der Waals surface area contributed by atoms with Gasteiger partial charge in [0.2, 0.25) is 5.88 Å². The maximum Gasteiger partial charge on any atom is 0.279 e. The van der Waals surface area contributed by atoms with Gasteiger partial charge in [0.1, 0.15) is 5.75 Å². The van der Waals surface area contributed by atoms with Crippen LogP contribution in [0.1, 0.15) is 11.1 Å². The van der Waals surface area contributed by atoms with Gasteiger partial charge in [-0.1, -0.05) is 17.4 Å². The number of nitrogens with zero attached hydrogens (tertiary/aromatic N) is 2. The Morgan fingerprint density at radius 1 is 1.05 bits per heavy atom. The van der Waals surface area contributed by atoms with E-state index in [1.54, 1.807) is 13.3 Å². The Labute approximate surface area is 133 Å². The molecule has 2 aromatic heterocycles. The van der Waals surface area contributed by atoms with Crippen LogP contribution in [0.2, 0.25) is 0 Å². The summed E-state index contributed by atoms with van der Waals surface area (Å²) in [7, 11) is 1.60. The number of benzene rings is 1. The zero-order chi connectivity index (χ0) is 15.5. The highest BCUT2D eigenvalue weighted by atomic mass is 32.1. The van der Waals surface area contributed by atoms with Crippen molar-refractivity contribution in [3.8, 4) is 28.1 Å². The van der Waals surface area contributed by atoms with Crippen molar-refractivity contribution < 1.29 is 9.47 Å². The molecule has 3 aromatic rings. The third-order valence-corrected chi connectivity index (χ3v) is 4.13. The monoisotopic (exact) mass is 312 g/mol. The van der Waals surface area contributed by atoms with Gasteiger partial charge in [0, 0.05) is 23.2 Å². The molecule has 0 radical (unpaired) electrons. The first-order chi connectivity index (χ1) is 10.7. The summed E-state index contributed by atoms with van der Waals surface area (Å²) in [5, 5.41) is 2.58. The summed E-state index contributed by atoms with van der Waals surface area (Å²) >= 11 is 1.47. The molecule has 3 rings (SSSR count). The average molecular weight is 312 g/mol. The predicted octanol–water partition coefficient (Wildman–Crippen LogP) is 4.62. The molecule has 0 amide bonds. The lowest BCUT2D eigenvalue weighted by Crippen LogP contribution is -1.88. The van der Waals surface area contributed by atoms with Crippen molar-refractivity contribution >= 4 is 11.3 Å². The molecule has 2 heterocycles. The summed E-state index contributed by atoms with van der Waals surface area (Å²) < 4.78 is 10.9. The molecule has 5 heteroatoms. The van der Waals surface area contributed by atoms with E-state index >= 15 is 0 Å². The van der Waals surface area contributed by atoms with Crippen LogP contribution in [-0.4, -0.2) is 17.1 Å². The van der Waals surface area contributed by atoms with E-state index in [1.165, 1.54) is 22.5 Å². The number of hydrogen-bond acceptors (Lipinski definition) is 5. The van der Waals surface area contributed by atoms with Gasteiger partial charge in [0.05, 0.1) is 12.8 Å². The van der Waals surface area contributed by atoms with Gasteiger partial charge in [-0.05, 0) is 43.2 Å². The number of rotatable bonds is 4. The molecule has 0 saturated carbocycles. The van der Waals surface area contributed by atoms with Crippen molar-refractivity contribution in [2.24, 2.45) is 0 Å². The van der Waals surface area contributed by atoms with Crippen LogP contribution in [-0.2, 0) is 0 Å². The molecule has 0 unspecified atom stereocenters. The van der Waals surface area contributed by atoms with Crippen LogP contribution in [0.3, 0.4) is 0 Å². The van der Waals surface area contributed by atoms with Gasteiger partial charge in [0.25, 0.3) is 5.19 Å². The molecule has 4 nitrogen and oxygen atoms in total. The lowest BCUT2D eigenvalue weighted by molar-refractivity contribution is 0.398. The molecular weight excluding hydrogens is 296 g/mol. The quantitative estimate of drug-likeness (QED) is 0.705. The van der Waals surface area contributed by atoms with Crippen LogP contribution in [0.15, 0.2) is 41.9 Å². The lowest BCUT2D eigenvalue weighted by Gasteiger charge is -2.04. The molecule has 0 bridgehead atoms. The molecule has 0 aliphatic heterocycles. The van der Waals surface area contributed by atoms with E-state index in [2.05, 4.69) is 23.8 Å². The molecule has 0 fully saturated rings. The van der Waals surface area contributed by atoms with Crippen LogP contribution in [0.4, 0.5) is 0 Å². The Morgan fingerprint density at radius 3 is 2.59 bits per heavy atom. The normalized spacial score (nSPS) is 10.5. The van der Waals surface area contributed by atoms with Crippen molar-refractivity contribution in [1.29, 1.82) is 0 Å². The zero-order valence-corrected chi connectivity index (χ0v) is 13.5. The van der Waals surface area contributed by atoms with Crippen molar-refractivity contribution in [3.05, 3.63) is 53.0 Å². The highest BCUT2D eigenvalue weighted by molar-refractivity contribution is 7.11. The summed E-state index contributed by atoms with van der Waals surface area (Å²) in [6, 6.07) is 9.77.